The number of nitrogen functional groups attached to an aromatic ring is 1. The Morgan fingerprint density at radius 1 is 1.53 bits per heavy atom. The maximum Gasteiger partial charge on any atom is 0.249 e. The van der Waals surface area contributed by atoms with Gasteiger partial charge in [-0.3, -0.25) is 9.59 Å². The second-order valence-corrected chi connectivity index (χ2v) is 4.58. The van der Waals surface area contributed by atoms with Gasteiger partial charge in [-0.15, -0.1) is 0 Å². The van der Waals surface area contributed by atoms with Crippen LogP contribution in [0.1, 0.15) is 0 Å². The number of hydrogen-bond acceptors (Lipinski definition) is 4. The largest absolute Gasteiger partial charge is 0.397 e. The van der Waals surface area contributed by atoms with E-state index < -0.39 is 0 Å². The molecule has 0 radical (unpaired) electrons. The molecule has 1 aromatic carbocycles. The lowest BCUT2D eigenvalue weighted by Crippen LogP contribution is -2.45. The molecule has 0 unspecified atom stereocenters. The molecule has 7 heteroatoms. The number of carbonyl (C=O) groups excluding carboxylic acids is 2. The first-order valence-corrected chi connectivity index (χ1v) is 6.14. The maximum atomic E-state index is 11.8. The average Bonchev–Trinajstić information content (AvgIpc) is 2.36. The molecule has 102 valence electrons. The Labute approximate surface area is 115 Å². The van der Waals surface area contributed by atoms with Gasteiger partial charge in [-0.2, -0.15) is 0 Å². The molecule has 0 bridgehead atoms. The van der Waals surface area contributed by atoms with Crippen LogP contribution in [0.15, 0.2) is 18.2 Å². The van der Waals surface area contributed by atoms with E-state index in [4.69, 9.17) is 22.1 Å². The third-order valence-electron chi connectivity index (χ3n) is 2.71. The Balaban J connectivity index is 1.95. The summed E-state index contributed by atoms with van der Waals surface area (Å²) in [5.41, 5.74) is 6.60. The number of nitrogens with zero attached hydrogens (tertiary/aromatic N) is 1. The van der Waals surface area contributed by atoms with E-state index in [0.29, 0.717) is 29.5 Å². The van der Waals surface area contributed by atoms with E-state index >= 15 is 0 Å². The van der Waals surface area contributed by atoms with Crippen molar-refractivity contribution >= 4 is 34.8 Å². The summed E-state index contributed by atoms with van der Waals surface area (Å²) in [6, 6.07) is 4.81. The minimum absolute atomic E-state index is 0.00966. The lowest BCUT2D eigenvalue weighted by Gasteiger charge is -2.26. The number of ether oxygens (including phenoxy) is 1. The third kappa shape index (κ3) is 3.59. The first-order valence-electron chi connectivity index (χ1n) is 5.76. The van der Waals surface area contributed by atoms with Crippen molar-refractivity contribution in [3.05, 3.63) is 23.2 Å². The van der Waals surface area contributed by atoms with Crippen LogP contribution in [0.4, 0.5) is 11.4 Å². The molecule has 2 rings (SSSR count). The van der Waals surface area contributed by atoms with E-state index in [1.807, 2.05) is 0 Å². The van der Waals surface area contributed by atoms with Crippen molar-refractivity contribution in [3.8, 4) is 0 Å². The van der Waals surface area contributed by atoms with Crippen LogP contribution in [0, 0.1) is 0 Å². The molecule has 19 heavy (non-hydrogen) atoms. The lowest BCUT2D eigenvalue weighted by atomic mass is 10.2. The number of carbonyl (C=O) groups is 2. The zero-order valence-electron chi connectivity index (χ0n) is 10.2. The van der Waals surface area contributed by atoms with Crippen LogP contribution in [-0.2, 0) is 14.3 Å². The van der Waals surface area contributed by atoms with Crippen molar-refractivity contribution in [2.75, 3.05) is 37.4 Å². The zero-order valence-corrected chi connectivity index (χ0v) is 10.9. The summed E-state index contributed by atoms with van der Waals surface area (Å²) in [5, 5.41) is 3.15. The summed E-state index contributed by atoms with van der Waals surface area (Å²) in [4.78, 5) is 24.8. The number of halogens is 1. The van der Waals surface area contributed by atoms with Gasteiger partial charge in [-0.1, -0.05) is 11.6 Å². The maximum absolute atomic E-state index is 11.8. The van der Waals surface area contributed by atoms with Crippen LogP contribution < -0.4 is 11.1 Å². The number of nitrogens with two attached hydrogens (primary N) is 1. The second-order valence-electron chi connectivity index (χ2n) is 4.15. The molecule has 6 nitrogen and oxygen atoms in total. The van der Waals surface area contributed by atoms with Crippen LogP contribution in [0.5, 0.6) is 0 Å². The molecule has 1 heterocycles. The topological polar surface area (TPSA) is 84.7 Å². The molecule has 3 N–H and O–H groups in total. The molecule has 1 aliphatic heterocycles. The predicted molar refractivity (Wildman–Crippen MR) is 71.9 cm³/mol. The van der Waals surface area contributed by atoms with Crippen molar-refractivity contribution in [1.82, 2.24) is 4.90 Å². The van der Waals surface area contributed by atoms with E-state index in [9.17, 15) is 9.59 Å². The van der Waals surface area contributed by atoms with Gasteiger partial charge in [0.25, 0.3) is 0 Å². The molecule has 0 aliphatic carbocycles. The Kier molecular flexibility index (Phi) is 4.24. The highest BCUT2D eigenvalue weighted by Gasteiger charge is 2.21. The summed E-state index contributed by atoms with van der Waals surface area (Å²) < 4.78 is 4.99. The van der Waals surface area contributed by atoms with Crippen molar-refractivity contribution in [2.24, 2.45) is 0 Å². The first kappa shape index (κ1) is 13.6. The normalized spacial score (nSPS) is 15.4. The Morgan fingerprint density at radius 2 is 2.32 bits per heavy atom. The standard InChI is InChI=1S/C12H14ClN3O3/c13-8-1-2-10(9(14)5-8)15-11(17)6-16-3-4-19-7-12(16)18/h1-2,5H,3-4,6-7,14H2,(H,15,17). The van der Waals surface area contributed by atoms with Gasteiger partial charge in [0.1, 0.15) is 13.2 Å². The molecule has 1 aromatic rings. The number of hydrogen-bond donors (Lipinski definition) is 2. The molecule has 0 aromatic heterocycles. The van der Waals surface area contributed by atoms with Gasteiger partial charge in [0, 0.05) is 11.6 Å². The van der Waals surface area contributed by atoms with Gasteiger partial charge in [0.15, 0.2) is 0 Å². The van der Waals surface area contributed by atoms with Gasteiger partial charge in [-0.05, 0) is 18.2 Å². The minimum atomic E-state index is -0.302. The fraction of sp³-hybridized carbons (Fsp3) is 0.333. The van der Waals surface area contributed by atoms with Crippen molar-refractivity contribution in [1.29, 1.82) is 0 Å². The minimum Gasteiger partial charge on any atom is -0.397 e. The van der Waals surface area contributed by atoms with Gasteiger partial charge in [-0.25, -0.2) is 0 Å². The van der Waals surface area contributed by atoms with Gasteiger partial charge >= 0.3 is 0 Å². The number of morpholine rings is 1. The Hall–Kier alpha value is -1.79. The molecule has 1 fully saturated rings. The molecular weight excluding hydrogens is 270 g/mol. The molecule has 2 amide bonds. The number of amides is 2. The van der Waals surface area contributed by atoms with E-state index in [-0.39, 0.29) is 25.0 Å². The second kappa shape index (κ2) is 5.90. The van der Waals surface area contributed by atoms with E-state index in [0.717, 1.165) is 0 Å². The third-order valence-corrected chi connectivity index (χ3v) is 2.94. The molecule has 0 atom stereocenters. The highest BCUT2D eigenvalue weighted by molar-refractivity contribution is 6.31. The van der Waals surface area contributed by atoms with Gasteiger partial charge in [0.05, 0.1) is 18.0 Å². The number of benzene rings is 1. The summed E-state index contributed by atoms with van der Waals surface area (Å²) in [7, 11) is 0. The van der Waals surface area contributed by atoms with Crippen molar-refractivity contribution < 1.29 is 14.3 Å². The Bertz CT molecular complexity index is 507. The van der Waals surface area contributed by atoms with Crippen LogP contribution in [0.2, 0.25) is 5.02 Å². The summed E-state index contributed by atoms with van der Waals surface area (Å²) in [5.74, 6) is -0.491. The first-order chi connectivity index (χ1) is 9.06. The quantitative estimate of drug-likeness (QED) is 0.801. The summed E-state index contributed by atoms with van der Waals surface area (Å²) in [6.07, 6.45) is 0. The summed E-state index contributed by atoms with van der Waals surface area (Å²) in [6.45, 7) is 0.880. The van der Waals surface area contributed by atoms with Crippen molar-refractivity contribution in [3.63, 3.8) is 0 Å². The number of rotatable bonds is 3. The van der Waals surface area contributed by atoms with Crippen LogP contribution in [0.3, 0.4) is 0 Å². The fourth-order valence-corrected chi connectivity index (χ4v) is 1.91. The molecule has 0 spiro atoms. The molecule has 1 saturated heterocycles. The summed E-state index contributed by atoms with van der Waals surface area (Å²) >= 11 is 5.77. The van der Waals surface area contributed by atoms with Crippen LogP contribution in [-0.4, -0.2) is 43.0 Å². The van der Waals surface area contributed by atoms with Crippen LogP contribution >= 0.6 is 11.6 Å². The van der Waals surface area contributed by atoms with E-state index in [1.54, 1.807) is 18.2 Å². The number of anilines is 2. The Morgan fingerprint density at radius 3 is 3.00 bits per heavy atom. The number of nitrogens with one attached hydrogen (secondary N) is 1. The molecule has 0 saturated carbocycles. The van der Waals surface area contributed by atoms with Crippen molar-refractivity contribution in [2.45, 2.75) is 0 Å². The monoisotopic (exact) mass is 283 g/mol. The molecule has 1 aliphatic rings. The van der Waals surface area contributed by atoms with Crippen LogP contribution in [0.25, 0.3) is 0 Å². The predicted octanol–water partition coefficient (Wildman–Crippen LogP) is 0.719. The van der Waals surface area contributed by atoms with Gasteiger partial charge in [0.2, 0.25) is 11.8 Å². The van der Waals surface area contributed by atoms with E-state index in [1.165, 1.54) is 4.90 Å². The highest BCUT2D eigenvalue weighted by Crippen LogP contribution is 2.22. The smallest absolute Gasteiger partial charge is 0.249 e. The van der Waals surface area contributed by atoms with E-state index in [2.05, 4.69) is 5.32 Å². The molecular formula is C12H14ClN3O3. The average molecular weight is 284 g/mol. The zero-order chi connectivity index (χ0) is 13.8. The highest BCUT2D eigenvalue weighted by atomic mass is 35.5. The SMILES string of the molecule is Nc1cc(Cl)ccc1NC(=O)CN1CCOCC1=O. The lowest BCUT2D eigenvalue weighted by molar-refractivity contribution is -0.144. The van der Waals surface area contributed by atoms with Gasteiger partial charge < -0.3 is 20.7 Å². The fourth-order valence-electron chi connectivity index (χ4n) is 1.73.